The fourth-order valence-electron chi connectivity index (χ4n) is 4.67. The lowest BCUT2D eigenvalue weighted by atomic mass is 10.1. The summed E-state index contributed by atoms with van der Waals surface area (Å²) in [6.07, 6.45) is 5.82. The molecule has 3 heterocycles. The van der Waals surface area contributed by atoms with E-state index >= 15 is 0 Å². The number of hydrogen-bond donors (Lipinski definition) is 1. The third kappa shape index (κ3) is 4.35. The van der Waals surface area contributed by atoms with Gasteiger partial charge in [0.25, 0.3) is 0 Å². The second-order valence-electron chi connectivity index (χ2n) is 8.72. The molecule has 10 heteroatoms. The van der Waals surface area contributed by atoms with Gasteiger partial charge in [0.15, 0.2) is 5.82 Å². The van der Waals surface area contributed by atoms with Gasteiger partial charge in [-0.05, 0) is 38.3 Å². The van der Waals surface area contributed by atoms with Crippen LogP contribution in [0.2, 0.25) is 0 Å². The average Bonchev–Trinajstić information content (AvgIpc) is 3.52. The number of halogens is 2. The summed E-state index contributed by atoms with van der Waals surface area (Å²) in [5.74, 6) is 0.538. The van der Waals surface area contributed by atoms with Crippen molar-refractivity contribution in [1.29, 1.82) is 0 Å². The van der Waals surface area contributed by atoms with Crippen LogP contribution in [-0.2, 0) is 19.4 Å². The fraction of sp³-hybridized carbons (Fsp3) is 0.222. The highest BCUT2D eigenvalue weighted by molar-refractivity contribution is 5.92. The average molecular weight is 500 g/mol. The highest BCUT2D eigenvalue weighted by Crippen LogP contribution is 2.33. The molecule has 0 saturated heterocycles. The van der Waals surface area contributed by atoms with Crippen molar-refractivity contribution in [2.24, 2.45) is 0 Å². The molecule has 0 saturated carbocycles. The van der Waals surface area contributed by atoms with Crippen LogP contribution in [0.3, 0.4) is 0 Å². The molecule has 0 radical (unpaired) electrons. The number of para-hydroxylation sites is 1. The summed E-state index contributed by atoms with van der Waals surface area (Å²) in [6, 6.07) is 11.7. The molecule has 0 fully saturated rings. The molecule has 3 aromatic heterocycles. The molecule has 0 bridgehead atoms. The molecule has 8 nitrogen and oxygen atoms in total. The number of aromatic nitrogens is 6. The van der Waals surface area contributed by atoms with Gasteiger partial charge in [0.1, 0.15) is 41.0 Å². The Labute approximate surface area is 211 Å². The van der Waals surface area contributed by atoms with E-state index in [4.69, 9.17) is 19.8 Å². The van der Waals surface area contributed by atoms with E-state index < -0.39 is 11.6 Å². The van der Waals surface area contributed by atoms with Crippen LogP contribution in [0.25, 0.3) is 22.4 Å². The van der Waals surface area contributed by atoms with Gasteiger partial charge in [-0.2, -0.15) is 5.10 Å². The SMILES string of the molecule is CCOc1cc(F)c(Cn2nc(-c3nc4c(c(Nc5ccncn5)n3)CCC4)c3ccccc32)c(F)c1. The molecule has 1 aliphatic rings. The molecule has 5 aromatic rings. The molecule has 1 N–H and O–H groups in total. The molecule has 37 heavy (non-hydrogen) atoms. The topological polar surface area (TPSA) is 90.6 Å². The van der Waals surface area contributed by atoms with Gasteiger partial charge in [-0.15, -0.1) is 0 Å². The summed E-state index contributed by atoms with van der Waals surface area (Å²) < 4.78 is 36.6. The minimum Gasteiger partial charge on any atom is -0.494 e. The number of rotatable bonds is 7. The van der Waals surface area contributed by atoms with E-state index in [0.29, 0.717) is 29.8 Å². The lowest BCUT2D eigenvalue weighted by Gasteiger charge is -2.11. The Morgan fingerprint density at radius 2 is 1.89 bits per heavy atom. The lowest BCUT2D eigenvalue weighted by Crippen LogP contribution is -2.08. The number of benzene rings is 2. The van der Waals surface area contributed by atoms with Crippen molar-refractivity contribution in [2.75, 3.05) is 11.9 Å². The van der Waals surface area contributed by atoms with Gasteiger partial charge >= 0.3 is 0 Å². The summed E-state index contributed by atoms with van der Waals surface area (Å²) >= 11 is 0. The standard InChI is InChI=1S/C27H23F2N7O/c1-2-37-16-12-20(28)19(21(29)13-16)14-36-23-9-4-3-6-18(23)25(35-36)27-32-22-8-5-7-17(22)26(34-27)33-24-10-11-30-15-31-24/h3-4,6,9-13,15H,2,5,7-8,14H2,1H3,(H,30,31,32,33,34). The quantitative estimate of drug-likeness (QED) is 0.327. The zero-order chi connectivity index (χ0) is 25.4. The Bertz CT molecular complexity index is 1580. The van der Waals surface area contributed by atoms with Crippen molar-refractivity contribution in [2.45, 2.75) is 32.7 Å². The van der Waals surface area contributed by atoms with Crippen molar-refractivity contribution in [3.8, 4) is 17.3 Å². The van der Waals surface area contributed by atoms with Crippen LogP contribution >= 0.6 is 0 Å². The van der Waals surface area contributed by atoms with Gasteiger partial charge in [-0.3, -0.25) is 4.68 Å². The van der Waals surface area contributed by atoms with Gasteiger partial charge in [0.2, 0.25) is 0 Å². The van der Waals surface area contributed by atoms with Crippen molar-refractivity contribution in [3.05, 3.63) is 83.4 Å². The number of hydrogen-bond acceptors (Lipinski definition) is 7. The van der Waals surface area contributed by atoms with Crippen LogP contribution in [0.4, 0.5) is 20.4 Å². The minimum absolute atomic E-state index is 0.0933. The van der Waals surface area contributed by atoms with Crippen LogP contribution < -0.4 is 10.1 Å². The number of nitrogens with one attached hydrogen (secondary N) is 1. The number of anilines is 2. The summed E-state index contributed by atoms with van der Waals surface area (Å²) in [6.45, 7) is 1.98. The Kier molecular flexibility index (Phi) is 5.91. The Morgan fingerprint density at radius 3 is 2.68 bits per heavy atom. The Hall–Kier alpha value is -4.47. The first kappa shape index (κ1) is 23.0. The fourth-order valence-corrected chi connectivity index (χ4v) is 4.67. The van der Waals surface area contributed by atoms with Crippen LogP contribution in [0, 0.1) is 11.6 Å². The van der Waals surface area contributed by atoms with Crippen LogP contribution in [0.5, 0.6) is 5.75 Å². The molecule has 0 atom stereocenters. The molecular weight excluding hydrogens is 476 g/mol. The maximum atomic E-state index is 14.9. The predicted molar refractivity (Wildman–Crippen MR) is 135 cm³/mol. The summed E-state index contributed by atoms with van der Waals surface area (Å²) in [5, 5.41) is 8.83. The molecule has 186 valence electrons. The summed E-state index contributed by atoms with van der Waals surface area (Å²) in [4.78, 5) is 17.9. The maximum Gasteiger partial charge on any atom is 0.182 e. The van der Waals surface area contributed by atoms with E-state index in [1.54, 1.807) is 23.9 Å². The molecule has 0 unspecified atom stereocenters. The molecule has 1 aliphatic carbocycles. The monoisotopic (exact) mass is 499 g/mol. The van der Waals surface area contributed by atoms with Gasteiger partial charge in [0.05, 0.1) is 18.7 Å². The van der Waals surface area contributed by atoms with Gasteiger partial charge in [-0.1, -0.05) is 18.2 Å². The number of aryl methyl sites for hydroxylation is 1. The first-order valence-corrected chi connectivity index (χ1v) is 12.1. The van der Waals surface area contributed by atoms with Crippen LogP contribution in [-0.4, -0.2) is 36.3 Å². The second kappa shape index (κ2) is 9.53. The van der Waals surface area contributed by atoms with E-state index in [9.17, 15) is 8.78 Å². The first-order valence-electron chi connectivity index (χ1n) is 12.1. The molecular formula is C27H23F2N7O. The van der Waals surface area contributed by atoms with Gasteiger partial charge < -0.3 is 10.1 Å². The van der Waals surface area contributed by atoms with E-state index in [1.165, 1.54) is 18.5 Å². The molecule has 2 aromatic carbocycles. The zero-order valence-electron chi connectivity index (χ0n) is 20.1. The van der Waals surface area contributed by atoms with E-state index in [-0.39, 0.29) is 17.9 Å². The third-order valence-corrected chi connectivity index (χ3v) is 6.36. The van der Waals surface area contributed by atoms with Gasteiger partial charge in [-0.25, -0.2) is 28.7 Å². The summed E-state index contributed by atoms with van der Waals surface area (Å²) in [7, 11) is 0. The number of ether oxygens (including phenoxy) is 1. The van der Waals surface area contributed by atoms with Crippen molar-refractivity contribution in [1.82, 2.24) is 29.7 Å². The van der Waals surface area contributed by atoms with Gasteiger partial charge in [0, 0.05) is 40.5 Å². The zero-order valence-corrected chi connectivity index (χ0v) is 20.1. The Morgan fingerprint density at radius 1 is 1.05 bits per heavy atom. The van der Waals surface area contributed by atoms with E-state index in [2.05, 4.69) is 15.3 Å². The highest BCUT2D eigenvalue weighted by atomic mass is 19.1. The predicted octanol–water partition coefficient (Wildman–Crippen LogP) is 5.24. The number of nitrogens with zero attached hydrogens (tertiary/aromatic N) is 6. The lowest BCUT2D eigenvalue weighted by molar-refractivity contribution is 0.335. The number of fused-ring (bicyclic) bond motifs is 2. The minimum atomic E-state index is -0.685. The third-order valence-electron chi connectivity index (χ3n) is 6.36. The smallest absolute Gasteiger partial charge is 0.182 e. The molecule has 0 spiro atoms. The van der Waals surface area contributed by atoms with Crippen molar-refractivity contribution < 1.29 is 13.5 Å². The molecule has 0 aliphatic heterocycles. The highest BCUT2D eigenvalue weighted by Gasteiger charge is 2.24. The second-order valence-corrected chi connectivity index (χ2v) is 8.72. The van der Waals surface area contributed by atoms with E-state index in [0.717, 1.165) is 41.4 Å². The van der Waals surface area contributed by atoms with Crippen LogP contribution in [0.1, 0.15) is 30.2 Å². The largest absolute Gasteiger partial charge is 0.494 e. The van der Waals surface area contributed by atoms with Crippen molar-refractivity contribution in [3.63, 3.8) is 0 Å². The normalized spacial score (nSPS) is 12.6. The molecule has 6 rings (SSSR count). The van der Waals surface area contributed by atoms with E-state index in [1.807, 2.05) is 24.3 Å². The molecule has 0 amide bonds. The first-order chi connectivity index (χ1) is 18.1. The Balaban J connectivity index is 1.44. The van der Waals surface area contributed by atoms with Crippen molar-refractivity contribution >= 4 is 22.5 Å². The maximum absolute atomic E-state index is 14.9. The van der Waals surface area contributed by atoms with Crippen LogP contribution in [0.15, 0.2) is 55.0 Å². The summed E-state index contributed by atoms with van der Waals surface area (Å²) in [5.41, 5.74) is 3.19.